The normalized spacial score (nSPS) is 21.6. The van der Waals surface area contributed by atoms with Crippen LogP contribution in [-0.4, -0.2) is 52.1 Å². The smallest absolute Gasteiger partial charge is 0.264 e. The average molecular weight is 547 g/mol. The highest BCUT2D eigenvalue weighted by atomic mass is 19.1. The van der Waals surface area contributed by atoms with Gasteiger partial charge in [-0.1, -0.05) is 78.0 Å². The van der Waals surface area contributed by atoms with Gasteiger partial charge in [-0.15, -0.1) is 0 Å². The second kappa shape index (κ2) is 9.74. The lowest BCUT2D eigenvalue weighted by Gasteiger charge is -2.25. The third-order valence-corrected chi connectivity index (χ3v) is 7.65. The zero-order chi connectivity index (χ0) is 28.1. The van der Waals surface area contributed by atoms with Crippen molar-refractivity contribution in [3.05, 3.63) is 114 Å². The summed E-state index contributed by atoms with van der Waals surface area (Å²) in [7, 11) is 0. The van der Waals surface area contributed by atoms with Crippen molar-refractivity contribution in [3.63, 3.8) is 0 Å². The van der Waals surface area contributed by atoms with Crippen molar-refractivity contribution in [1.29, 1.82) is 0 Å². The number of benzene rings is 4. The molecule has 0 bridgehead atoms. The summed E-state index contributed by atoms with van der Waals surface area (Å²) < 4.78 is 13.8. The Morgan fingerprint density at radius 2 is 1.63 bits per heavy atom. The van der Waals surface area contributed by atoms with Crippen molar-refractivity contribution in [3.8, 4) is 0 Å². The summed E-state index contributed by atoms with van der Waals surface area (Å²) in [5, 5.41) is 17.6. The molecule has 0 aliphatic carbocycles. The van der Waals surface area contributed by atoms with Gasteiger partial charge in [0.1, 0.15) is 12.4 Å². The van der Waals surface area contributed by atoms with E-state index in [1.54, 1.807) is 0 Å². The van der Waals surface area contributed by atoms with Crippen LogP contribution in [-0.2, 0) is 14.4 Å². The maximum atomic E-state index is 13.8. The zero-order valence-corrected chi connectivity index (χ0v) is 21.7. The number of rotatable bonds is 5. The summed E-state index contributed by atoms with van der Waals surface area (Å²) in [5.74, 6) is -2.18. The monoisotopic (exact) mass is 546 g/mol. The van der Waals surface area contributed by atoms with E-state index in [4.69, 9.17) is 5.10 Å². The van der Waals surface area contributed by atoms with Crippen LogP contribution in [0.15, 0.2) is 113 Å². The number of amides is 3. The van der Waals surface area contributed by atoms with E-state index in [2.05, 4.69) is 16.4 Å². The summed E-state index contributed by atoms with van der Waals surface area (Å²) in [6.45, 7) is -0.307. The van der Waals surface area contributed by atoms with Gasteiger partial charge >= 0.3 is 0 Å². The maximum Gasteiger partial charge on any atom is 0.264 e. The Kier molecular flexibility index (Phi) is 5.88. The van der Waals surface area contributed by atoms with E-state index in [1.807, 2.05) is 66.7 Å². The van der Waals surface area contributed by atoms with Crippen molar-refractivity contribution in [1.82, 2.24) is 10.0 Å². The molecule has 1 saturated heterocycles. The number of hydrazone groups is 1. The number of hydrogen-bond acceptors (Lipinski definition) is 7. The second-order valence-corrected chi connectivity index (χ2v) is 10.2. The van der Waals surface area contributed by atoms with E-state index in [0.717, 1.165) is 38.6 Å². The van der Waals surface area contributed by atoms with Crippen molar-refractivity contribution in [2.45, 2.75) is 24.5 Å². The molecule has 3 aliphatic heterocycles. The number of fused-ring (bicyclic) bond motifs is 2. The molecule has 0 N–H and O–H groups in total. The molecule has 10 heteroatoms. The Bertz CT molecular complexity index is 1770. The average Bonchev–Trinajstić information content (AvgIpc) is 3.68. The van der Waals surface area contributed by atoms with Gasteiger partial charge in [0, 0.05) is 6.42 Å². The third kappa shape index (κ3) is 4.24. The Labute approximate surface area is 234 Å². The lowest BCUT2D eigenvalue weighted by molar-refractivity contribution is -0.135. The minimum Gasteiger partial charge on any atom is -0.271 e. The van der Waals surface area contributed by atoms with Gasteiger partial charge in [0.25, 0.3) is 17.7 Å². The van der Waals surface area contributed by atoms with Gasteiger partial charge in [-0.25, -0.2) is 14.3 Å². The summed E-state index contributed by atoms with van der Waals surface area (Å²) in [5.41, 5.74) is 2.72. The molecular formula is C31H23FN6O3. The standard InChI is InChI=1S/C31H23FN6O3/c32-23-11-6-12-24(16-23)37-30(40)28-29(31(37)41)36(35-33-28)18-27(39)38-26(20-8-2-1-3-9-20)17-25(34-38)22-14-13-19-7-4-5-10-21(19)15-22/h1-16,26,28-29H,17-18H2/t26-,28-,29+/m1/s1. The lowest BCUT2D eigenvalue weighted by Crippen LogP contribution is -2.44. The highest BCUT2D eigenvalue weighted by Gasteiger charge is 2.55. The molecule has 0 radical (unpaired) electrons. The van der Waals surface area contributed by atoms with Gasteiger partial charge in [-0.05, 0) is 46.2 Å². The van der Waals surface area contributed by atoms with Gasteiger partial charge in [0.15, 0.2) is 12.1 Å². The largest absolute Gasteiger partial charge is 0.271 e. The van der Waals surface area contributed by atoms with Crippen LogP contribution in [0.25, 0.3) is 10.8 Å². The Morgan fingerprint density at radius 3 is 2.44 bits per heavy atom. The molecule has 0 aromatic heterocycles. The molecule has 9 nitrogen and oxygen atoms in total. The van der Waals surface area contributed by atoms with Gasteiger partial charge in [0.05, 0.1) is 17.4 Å². The zero-order valence-electron chi connectivity index (χ0n) is 21.7. The van der Waals surface area contributed by atoms with E-state index >= 15 is 0 Å². The topological polar surface area (TPSA) is 98.0 Å². The molecule has 4 aromatic rings. The Morgan fingerprint density at radius 1 is 0.854 bits per heavy atom. The molecule has 202 valence electrons. The predicted molar refractivity (Wildman–Crippen MR) is 149 cm³/mol. The molecule has 0 unspecified atom stereocenters. The van der Waals surface area contributed by atoms with Crippen LogP contribution < -0.4 is 4.90 Å². The fraction of sp³-hybridized carbons (Fsp3) is 0.161. The molecule has 7 rings (SSSR count). The third-order valence-electron chi connectivity index (χ3n) is 7.65. The fourth-order valence-corrected chi connectivity index (χ4v) is 5.65. The fourth-order valence-electron chi connectivity index (χ4n) is 5.65. The van der Waals surface area contributed by atoms with Crippen LogP contribution in [0.3, 0.4) is 0 Å². The van der Waals surface area contributed by atoms with E-state index in [0.29, 0.717) is 6.42 Å². The summed E-state index contributed by atoms with van der Waals surface area (Å²) in [6, 6.07) is 26.5. The Balaban J connectivity index is 1.17. The van der Waals surface area contributed by atoms with Crippen LogP contribution in [0.4, 0.5) is 10.1 Å². The molecule has 0 saturated carbocycles. The molecule has 4 aromatic carbocycles. The minimum atomic E-state index is -1.10. The van der Waals surface area contributed by atoms with Gasteiger partial charge in [0.2, 0.25) is 0 Å². The van der Waals surface area contributed by atoms with Crippen molar-refractivity contribution < 1.29 is 18.8 Å². The van der Waals surface area contributed by atoms with Gasteiger partial charge in [-0.2, -0.15) is 10.2 Å². The number of anilines is 1. The van der Waals surface area contributed by atoms with Gasteiger partial charge < -0.3 is 0 Å². The molecule has 1 fully saturated rings. The molecule has 0 spiro atoms. The van der Waals surface area contributed by atoms with Crippen molar-refractivity contribution in [2.24, 2.45) is 15.4 Å². The summed E-state index contributed by atoms with van der Waals surface area (Å²) in [6.07, 6.45) is 0.506. The highest BCUT2D eigenvalue weighted by molar-refractivity contribution is 6.25. The van der Waals surface area contributed by atoms with Gasteiger partial charge in [-0.3, -0.25) is 19.4 Å². The number of carbonyl (C=O) groups excluding carboxylic acids is 3. The van der Waals surface area contributed by atoms with Crippen LogP contribution in [0.1, 0.15) is 23.6 Å². The summed E-state index contributed by atoms with van der Waals surface area (Å²) >= 11 is 0. The molecular weight excluding hydrogens is 523 g/mol. The van der Waals surface area contributed by atoms with Crippen molar-refractivity contribution in [2.75, 3.05) is 11.4 Å². The molecule has 3 amide bonds. The van der Waals surface area contributed by atoms with Crippen LogP contribution in [0.2, 0.25) is 0 Å². The van der Waals surface area contributed by atoms with E-state index in [-0.39, 0.29) is 18.3 Å². The molecule has 3 aliphatic rings. The molecule has 3 atom stereocenters. The summed E-state index contributed by atoms with van der Waals surface area (Å²) in [4.78, 5) is 41.0. The van der Waals surface area contributed by atoms with Crippen LogP contribution in [0, 0.1) is 5.82 Å². The van der Waals surface area contributed by atoms with Crippen molar-refractivity contribution >= 4 is 39.9 Å². The second-order valence-electron chi connectivity index (χ2n) is 10.2. The minimum absolute atomic E-state index is 0.115. The Hall–Kier alpha value is -5.25. The maximum absolute atomic E-state index is 13.8. The van der Waals surface area contributed by atoms with E-state index < -0.39 is 35.6 Å². The quantitative estimate of drug-likeness (QED) is 0.341. The number of nitrogens with zero attached hydrogens (tertiary/aromatic N) is 6. The van der Waals surface area contributed by atoms with E-state index in [1.165, 1.54) is 28.2 Å². The lowest BCUT2D eigenvalue weighted by atomic mass is 9.97. The van der Waals surface area contributed by atoms with Crippen LogP contribution >= 0.6 is 0 Å². The number of hydrogen-bond donors (Lipinski definition) is 0. The first-order chi connectivity index (χ1) is 20.0. The SMILES string of the molecule is O=C1[C@@H]2[C@@H](N=NN2CC(=O)N2N=C(c3ccc4ccccc4c3)C[C@@H]2c2ccccc2)C(=O)N1c1cccc(F)c1. The van der Waals surface area contributed by atoms with Crippen LogP contribution in [0.5, 0.6) is 0 Å². The highest BCUT2D eigenvalue weighted by Crippen LogP contribution is 2.35. The number of imide groups is 1. The number of carbonyl (C=O) groups is 3. The first kappa shape index (κ1) is 24.8. The van der Waals surface area contributed by atoms with E-state index in [9.17, 15) is 18.8 Å². The molecule has 41 heavy (non-hydrogen) atoms. The molecule has 3 heterocycles. The first-order valence-electron chi connectivity index (χ1n) is 13.2. The predicted octanol–water partition coefficient (Wildman–Crippen LogP) is 4.65. The number of halogens is 1. The first-order valence-corrected chi connectivity index (χ1v) is 13.2.